The first-order chi connectivity index (χ1) is 20.4. The third kappa shape index (κ3) is 5.76. The lowest BCUT2D eigenvalue weighted by molar-refractivity contribution is 0.109. The average Bonchev–Trinajstić information content (AvgIpc) is 3.76. The molecule has 4 aromatic rings. The number of ether oxygens (including phenoxy) is 4. The second-order valence-electron chi connectivity index (χ2n) is 10.4. The minimum absolute atomic E-state index is 0.0269. The minimum Gasteiger partial charge on any atom is -0.493 e. The zero-order valence-corrected chi connectivity index (χ0v) is 25.0. The Kier molecular flexibility index (Phi) is 8.64. The Hall–Kier alpha value is -4.55. The summed E-state index contributed by atoms with van der Waals surface area (Å²) in [6.07, 6.45) is 7.61. The van der Waals surface area contributed by atoms with Gasteiger partial charge in [0.2, 0.25) is 5.75 Å². The number of aromatic nitrogens is 6. The summed E-state index contributed by atoms with van der Waals surface area (Å²) in [7, 11) is 4.73. The lowest BCUT2D eigenvalue weighted by Gasteiger charge is -2.16. The van der Waals surface area contributed by atoms with Gasteiger partial charge in [0, 0.05) is 37.2 Å². The monoisotopic (exact) mass is 578 g/mol. The number of anilines is 2. The number of methoxy groups -OCH3 is 3. The summed E-state index contributed by atoms with van der Waals surface area (Å²) in [5.74, 6) is 3.40. The second kappa shape index (κ2) is 12.5. The van der Waals surface area contributed by atoms with Crippen LogP contribution in [0.2, 0.25) is 0 Å². The van der Waals surface area contributed by atoms with Gasteiger partial charge in [0.15, 0.2) is 17.1 Å². The van der Waals surface area contributed by atoms with E-state index in [-0.39, 0.29) is 18.1 Å². The van der Waals surface area contributed by atoms with Gasteiger partial charge in [-0.05, 0) is 26.7 Å². The quantitative estimate of drug-likeness (QED) is 0.240. The van der Waals surface area contributed by atoms with Crippen molar-refractivity contribution in [2.75, 3.05) is 46.3 Å². The molecule has 42 heavy (non-hydrogen) atoms. The first kappa shape index (κ1) is 29.0. The van der Waals surface area contributed by atoms with Crippen LogP contribution in [-0.4, -0.2) is 81.3 Å². The fourth-order valence-electron chi connectivity index (χ4n) is 5.00. The van der Waals surface area contributed by atoms with Gasteiger partial charge < -0.3 is 33.7 Å². The van der Waals surface area contributed by atoms with Crippen LogP contribution in [-0.2, 0) is 4.74 Å². The number of nitrogens with one attached hydrogen (secondary N) is 1. The van der Waals surface area contributed by atoms with Gasteiger partial charge in [-0.3, -0.25) is 0 Å². The number of benzene rings is 1. The molecule has 0 bridgehead atoms. The van der Waals surface area contributed by atoms with Crippen LogP contribution in [0.5, 0.6) is 17.2 Å². The van der Waals surface area contributed by atoms with Crippen molar-refractivity contribution in [3.05, 3.63) is 36.7 Å². The highest BCUT2D eigenvalue weighted by Crippen LogP contribution is 2.39. The van der Waals surface area contributed by atoms with Gasteiger partial charge in [0.25, 0.3) is 0 Å². The number of imidazole rings is 1. The molecule has 1 unspecified atom stereocenters. The molecule has 3 aromatic heterocycles. The van der Waals surface area contributed by atoms with Gasteiger partial charge in [-0.1, -0.05) is 13.3 Å². The molecule has 1 fully saturated rings. The van der Waals surface area contributed by atoms with Gasteiger partial charge >= 0.3 is 6.09 Å². The maximum atomic E-state index is 12.6. The number of carbonyl (C=O) groups is 1. The van der Waals surface area contributed by atoms with E-state index in [0.29, 0.717) is 54.4 Å². The lowest BCUT2D eigenvalue weighted by Crippen LogP contribution is -2.29. The molecule has 224 valence electrons. The van der Waals surface area contributed by atoms with Crippen molar-refractivity contribution < 1.29 is 23.7 Å². The van der Waals surface area contributed by atoms with Crippen molar-refractivity contribution in [3.8, 4) is 22.9 Å². The topological polar surface area (TPSA) is 131 Å². The Morgan fingerprint density at radius 3 is 2.55 bits per heavy atom. The number of likely N-dealkylation sites (tertiary alicyclic amines) is 1. The summed E-state index contributed by atoms with van der Waals surface area (Å²) in [5, 5.41) is 8.74. The standard InChI is InChI=1S/C29H38N8O5/c1-7-8-11-42-29(38)35-10-9-19(15-35)26-33-27(21-14-31-37(18(2)3)28(21)34-26)32-24-16-36(17-30-24)20-12-22(39-4)25(41-6)23(13-20)40-5/h12-14,16-19H,7-11,15H2,1-6H3,(H,32,33,34). The number of fused-ring (bicyclic) bond motifs is 1. The predicted octanol–water partition coefficient (Wildman–Crippen LogP) is 5.09. The molecule has 1 aromatic carbocycles. The number of carbonyl (C=O) groups excluding carboxylic acids is 1. The van der Waals surface area contributed by atoms with E-state index in [1.165, 1.54) is 0 Å². The van der Waals surface area contributed by atoms with E-state index in [1.54, 1.807) is 38.8 Å². The van der Waals surface area contributed by atoms with E-state index in [1.807, 2.05) is 27.6 Å². The summed E-state index contributed by atoms with van der Waals surface area (Å²) in [5.41, 5.74) is 1.51. The zero-order valence-electron chi connectivity index (χ0n) is 25.0. The summed E-state index contributed by atoms with van der Waals surface area (Å²) >= 11 is 0. The Morgan fingerprint density at radius 1 is 1.12 bits per heavy atom. The van der Waals surface area contributed by atoms with Crippen LogP contribution in [0, 0.1) is 0 Å². The predicted molar refractivity (Wildman–Crippen MR) is 157 cm³/mol. The highest BCUT2D eigenvalue weighted by molar-refractivity contribution is 5.88. The third-order valence-corrected chi connectivity index (χ3v) is 7.27. The van der Waals surface area contributed by atoms with Gasteiger partial charge in [-0.2, -0.15) is 5.10 Å². The molecule has 4 heterocycles. The van der Waals surface area contributed by atoms with E-state index in [9.17, 15) is 4.79 Å². The minimum atomic E-state index is -0.282. The molecule has 1 aliphatic rings. The maximum absolute atomic E-state index is 12.6. The highest BCUT2D eigenvalue weighted by atomic mass is 16.6. The first-order valence-electron chi connectivity index (χ1n) is 14.1. The van der Waals surface area contributed by atoms with Crippen LogP contribution < -0.4 is 19.5 Å². The van der Waals surface area contributed by atoms with Crippen molar-refractivity contribution in [1.29, 1.82) is 0 Å². The number of hydrogen-bond acceptors (Lipinski definition) is 10. The highest BCUT2D eigenvalue weighted by Gasteiger charge is 2.31. The van der Waals surface area contributed by atoms with Crippen LogP contribution in [0.15, 0.2) is 30.9 Å². The Morgan fingerprint density at radius 2 is 1.88 bits per heavy atom. The molecule has 1 N–H and O–H groups in total. The van der Waals surface area contributed by atoms with Crippen molar-refractivity contribution in [1.82, 2.24) is 34.2 Å². The number of nitrogens with zero attached hydrogens (tertiary/aromatic N) is 7. The number of hydrogen-bond donors (Lipinski definition) is 1. The molecule has 1 atom stereocenters. The fraction of sp³-hybridized carbons (Fsp3) is 0.483. The molecular formula is C29H38N8O5. The van der Waals surface area contributed by atoms with Crippen LogP contribution in [0.4, 0.5) is 16.4 Å². The average molecular weight is 579 g/mol. The summed E-state index contributed by atoms with van der Waals surface area (Å²) < 4.78 is 25.6. The summed E-state index contributed by atoms with van der Waals surface area (Å²) in [4.78, 5) is 28.7. The molecule has 1 amide bonds. The smallest absolute Gasteiger partial charge is 0.409 e. The Balaban J connectivity index is 1.44. The van der Waals surface area contributed by atoms with Crippen LogP contribution in [0.25, 0.3) is 16.7 Å². The number of amides is 1. The van der Waals surface area contributed by atoms with Crippen molar-refractivity contribution in [2.24, 2.45) is 0 Å². The van der Waals surface area contributed by atoms with Gasteiger partial charge in [0.05, 0.1) is 51.4 Å². The fourth-order valence-corrected chi connectivity index (χ4v) is 5.00. The van der Waals surface area contributed by atoms with E-state index in [2.05, 4.69) is 36.2 Å². The first-order valence-corrected chi connectivity index (χ1v) is 14.1. The molecule has 13 heteroatoms. The van der Waals surface area contributed by atoms with E-state index >= 15 is 0 Å². The summed E-state index contributed by atoms with van der Waals surface area (Å²) in [6.45, 7) is 7.72. The van der Waals surface area contributed by atoms with E-state index < -0.39 is 0 Å². The molecule has 0 radical (unpaired) electrons. The van der Waals surface area contributed by atoms with Crippen LogP contribution in [0.3, 0.4) is 0 Å². The number of rotatable bonds is 11. The molecule has 0 aliphatic carbocycles. The Labute approximate surface area is 244 Å². The van der Waals surface area contributed by atoms with Crippen molar-refractivity contribution in [3.63, 3.8) is 0 Å². The molecule has 5 rings (SSSR count). The van der Waals surface area contributed by atoms with E-state index in [0.717, 1.165) is 36.0 Å². The van der Waals surface area contributed by atoms with Gasteiger partial charge in [-0.15, -0.1) is 0 Å². The molecule has 13 nitrogen and oxygen atoms in total. The molecule has 1 aliphatic heterocycles. The molecular weight excluding hydrogens is 540 g/mol. The lowest BCUT2D eigenvalue weighted by atomic mass is 10.1. The Bertz CT molecular complexity index is 1520. The molecule has 1 saturated heterocycles. The largest absolute Gasteiger partial charge is 0.493 e. The maximum Gasteiger partial charge on any atom is 0.409 e. The molecule has 0 spiro atoms. The second-order valence-corrected chi connectivity index (χ2v) is 10.4. The normalized spacial score (nSPS) is 14.9. The van der Waals surface area contributed by atoms with Crippen LogP contribution in [0.1, 0.15) is 57.8 Å². The van der Waals surface area contributed by atoms with Gasteiger partial charge in [-0.25, -0.2) is 24.4 Å². The third-order valence-electron chi connectivity index (χ3n) is 7.27. The van der Waals surface area contributed by atoms with Crippen molar-refractivity contribution in [2.45, 2.75) is 52.0 Å². The SMILES string of the molecule is CCCCOC(=O)N1CCC(c2nc(Nc3cn(-c4cc(OC)c(OC)c(OC)c4)cn3)c3cnn(C(C)C)c3n2)C1. The van der Waals surface area contributed by atoms with Gasteiger partial charge in [0.1, 0.15) is 23.8 Å². The van der Waals surface area contributed by atoms with E-state index in [4.69, 9.17) is 28.9 Å². The number of unbranched alkanes of at least 4 members (excludes halogenated alkanes) is 1. The summed E-state index contributed by atoms with van der Waals surface area (Å²) in [6, 6.07) is 3.80. The zero-order chi connectivity index (χ0) is 29.8. The van der Waals surface area contributed by atoms with Crippen LogP contribution >= 0.6 is 0 Å². The van der Waals surface area contributed by atoms with Crippen molar-refractivity contribution >= 4 is 28.8 Å². The molecule has 0 saturated carbocycles.